The fourth-order valence-corrected chi connectivity index (χ4v) is 4.83. The van der Waals surface area contributed by atoms with Crippen molar-refractivity contribution in [1.82, 2.24) is 24.4 Å². The Labute approximate surface area is 192 Å². The average Bonchev–Trinajstić information content (AvgIpc) is 3.58. The van der Waals surface area contributed by atoms with Crippen LogP contribution in [0.3, 0.4) is 0 Å². The lowest BCUT2D eigenvalue weighted by Gasteiger charge is -2.25. The van der Waals surface area contributed by atoms with E-state index in [1.54, 1.807) is 10.7 Å². The van der Waals surface area contributed by atoms with E-state index in [9.17, 15) is 9.59 Å². The van der Waals surface area contributed by atoms with Crippen molar-refractivity contribution in [3.05, 3.63) is 59.5 Å². The Kier molecular flexibility index (Phi) is 5.95. The third kappa shape index (κ3) is 4.41. The number of likely N-dealkylation sites (tertiary alicyclic amines) is 2. The molecule has 5 rings (SSSR count). The van der Waals surface area contributed by atoms with Gasteiger partial charge in [-0.25, -0.2) is 9.50 Å². The molecular formula is C24H28N6O3. The van der Waals surface area contributed by atoms with Gasteiger partial charge in [-0.05, 0) is 62.5 Å². The van der Waals surface area contributed by atoms with E-state index < -0.39 is 5.91 Å². The van der Waals surface area contributed by atoms with Crippen LogP contribution in [0.2, 0.25) is 0 Å². The summed E-state index contributed by atoms with van der Waals surface area (Å²) in [6, 6.07) is 9.68. The molecule has 172 valence electrons. The van der Waals surface area contributed by atoms with Gasteiger partial charge < -0.3 is 15.4 Å². The van der Waals surface area contributed by atoms with Gasteiger partial charge in [-0.1, -0.05) is 12.1 Å². The van der Waals surface area contributed by atoms with Crippen LogP contribution in [0.4, 0.5) is 0 Å². The number of carbonyl (C=O) groups is 2. The summed E-state index contributed by atoms with van der Waals surface area (Å²) >= 11 is 0. The minimum Gasteiger partial charge on any atom is -0.484 e. The van der Waals surface area contributed by atoms with E-state index in [4.69, 9.17) is 10.5 Å². The van der Waals surface area contributed by atoms with Crippen LogP contribution in [0, 0.1) is 0 Å². The van der Waals surface area contributed by atoms with Crippen molar-refractivity contribution in [3.8, 4) is 5.75 Å². The van der Waals surface area contributed by atoms with Gasteiger partial charge in [0.25, 0.3) is 11.8 Å². The lowest BCUT2D eigenvalue weighted by molar-refractivity contribution is -0.134. The van der Waals surface area contributed by atoms with E-state index >= 15 is 0 Å². The predicted octanol–water partition coefficient (Wildman–Crippen LogP) is 2.17. The summed E-state index contributed by atoms with van der Waals surface area (Å²) in [5.74, 6) is 0.0356. The van der Waals surface area contributed by atoms with E-state index in [0.717, 1.165) is 38.2 Å². The molecule has 2 N–H and O–H groups in total. The van der Waals surface area contributed by atoms with Crippen molar-refractivity contribution in [2.75, 3.05) is 26.2 Å². The maximum absolute atomic E-state index is 13.0. The standard InChI is InChI=1S/C24H28N6O3/c25-23(32)19-14-27-30-21(9-10-26-24(19)30)20-4-3-13-29(20)22(31)16-33-18-7-5-17(6-8-18)15-28-11-1-2-12-28/h5-10,14,20H,1-4,11-13,15-16H2,(H2,25,32)/t20-/m1/s1. The highest BCUT2D eigenvalue weighted by Gasteiger charge is 2.32. The van der Waals surface area contributed by atoms with Gasteiger partial charge in [0.2, 0.25) is 0 Å². The Morgan fingerprint density at radius 2 is 1.85 bits per heavy atom. The summed E-state index contributed by atoms with van der Waals surface area (Å²) in [6.45, 7) is 3.91. The van der Waals surface area contributed by atoms with Crippen LogP contribution in [0.1, 0.15) is 53.3 Å². The van der Waals surface area contributed by atoms with Gasteiger partial charge in [-0.15, -0.1) is 0 Å². The highest BCUT2D eigenvalue weighted by molar-refractivity contribution is 5.98. The molecule has 2 aliphatic rings. The second-order valence-electron chi connectivity index (χ2n) is 8.69. The molecular weight excluding hydrogens is 420 g/mol. The fourth-order valence-electron chi connectivity index (χ4n) is 4.83. The van der Waals surface area contributed by atoms with Crippen molar-refractivity contribution in [1.29, 1.82) is 0 Å². The zero-order chi connectivity index (χ0) is 22.8. The number of hydrogen-bond donors (Lipinski definition) is 1. The third-order valence-electron chi connectivity index (χ3n) is 6.50. The maximum Gasteiger partial charge on any atom is 0.261 e. The summed E-state index contributed by atoms with van der Waals surface area (Å²) in [7, 11) is 0. The smallest absolute Gasteiger partial charge is 0.261 e. The molecule has 2 saturated heterocycles. The maximum atomic E-state index is 13.0. The van der Waals surface area contributed by atoms with E-state index in [2.05, 4.69) is 27.1 Å². The molecule has 0 radical (unpaired) electrons. The number of nitrogens with zero attached hydrogens (tertiary/aromatic N) is 5. The average molecular weight is 449 g/mol. The van der Waals surface area contributed by atoms with Crippen LogP contribution in [0.15, 0.2) is 42.7 Å². The van der Waals surface area contributed by atoms with Crippen LogP contribution in [-0.4, -0.2) is 62.5 Å². The first-order valence-corrected chi connectivity index (χ1v) is 11.5. The molecule has 9 heteroatoms. The number of aromatic nitrogens is 3. The second-order valence-corrected chi connectivity index (χ2v) is 8.69. The SMILES string of the molecule is NC(=O)c1cnn2c([C@H]3CCCN3C(=O)COc3ccc(CN4CCCC4)cc3)ccnc12. The molecule has 4 heterocycles. The minimum absolute atomic E-state index is 0.0260. The van der Waals surface area contributed by atoms with Gasteiger partial charge in [0, 0.05) is 19.3 Å². The number of rotatable bonds is 7. The molecule has 3 aromatic rings. The molecule has 0 unspecified atom stereocenters. The molecule has 0 bridgehead atoms. The van der Waals surface area contributed by atoms with Crippen molar-refractivity contribution >= 4 is 17.5 Å². The Morgan fingerprint density at radius 1 is 1.06 bits per heavy atom. The Hall–Kier alpha value is -3.46. The zero-order valence-electron chi connectivity index (χ0n) is 18.5. The first-order valence-electron chi connectivity index (χ1n) is 11.5. The molecule has 0 aliphatic carbocycles. The number of benzene rings is 1. The summed E-state index contributed by atoms with van der Waals surface area (Å²) < 4.78 is 7.42. The zero-order valence-corrected chi connectivity index (χ0v) is 18.5. The summed E-state index contributed by atoms with van der Waals surface area (Å²) in [4.78, 5) is 33.2. The largest absolute Gasteiger partial charge is 0.484 e. The van der Waals surface area contributed by atoms with Crippen LogP contribution < -0.4 is 10.5 Å². The molecule has 2 amide bonds. The molecule has 2 aliphatic heterocycles. The van der Waals surface area contributed by atoms with Gasteiger partial charge >= 0.3 is 0 Å². The highest BCUT2D eigenvalue weighted by atomic mass is 16.5. The quantitative estimate of drug-likeness (QED) is 0.594. The number of fused-ring (bicyclic) bond motifs is 1. The van der Waals surface area contributed by atoms with E-state index in [1.165, 1.54) is 24.6 Å². The predicted molar refractivity (Wildman–Crippen MR) is 122 cm³/mol. The fraction of sp³-hybridized carbons (Fsp3) is 0.417. The van der Waals surface area contributed by atoms with Crippen LogP contribution in [-0.2, 0) is 11.3 Å². The molecule has 2 aromatic heterocycles. The summed E-state index contributed by atoms with van der Waals surface area (Å²) in [5, 5.41) is 4.30. The number of carbonyl (C=O) groups excluding carboxylic acids is 2. The molecule has 0 saturated carbocycles. The highest BCUT2D eigenvalue weighted by Crippen LogP contribution is 2.32. The van der Waals surface area contributed by atoms with Crippen molar-refractivity contribution < 1.29 is 14.3 Å². The number of nitrogens with two attached hydrogens (primary N) is 1. The minimum atomic E-state index is -0.575. The lowest BCUT2D eigenvalue weighted by atomic mass is 10.1. The van der Waals surface area contributed by atoms with Gasteiger partial charge in [0.1, 0.15) is 11.3 Å². The van der Waals surface area contributed by atoms with Crippen LogP contribution in [0.5, 0.6) is 5.75 Å². The Balaban J connectivity index is 1.24. The number of ether oxygens (including phenoxy) is 1. The van der Waals surface area contributed by atoms with E-state index in [-0.39, 0.29) is 24.1 Å². The molecule has 33 heavy (non-hydrogen) atoms. The second kappa shape index (κ2) is 9.19. The topological polar surface area (TPSA) is 106 Å². The molecule has 1 atom stereocenters. The third-order valence-corrected chi connectivity index (χ3v) is 6.50. The summed E-state index contributed by atoms with van der Waals surface area (Å²) in [5.41, 5.74) is 8.17. The Bertz CT molecular complexity index is 1150. The number of hydrogen-bond acceptors (Lipinski definition) is 6. The monoisotopic (exact) mass is 448 g/mol. The van der Waals surface area contributed by atoms with Crippen molar-refractivity contribution in [2.24, 2.45) is 5.73 Å². The number of primary amides is 1. The van der Waals surface area contributed by atoms with Crippen LogP contribution >= 0.6 is 0 Å². The lowest BCUT2D eigenvalue weighted by Crippen LogP contribution is -2.35. The normalized spacial score (nSPS) is 18.8. The van der Waals surface area contributed by atoms with Crippen molar-refractivity contribution in [2.45, 2.75) is 38.3 Å². The van der Waals surface area contributed by atoms with E-state index in [0.29, 0.717) is 17.9 Å². The van der Waals surface area contributed by atoms with Crippen LogP contribution in [0.25, 0.3) is 5.65 Å². The first kappa shape index (κ1) is 21.4. The van der Waals surface area contributed by atoms with Gasteiger partial charge in [0.15, 0.2) is 12.3 Å². The van der Waals surface area contributed by atoms with Gasteiger partial charge in [0.05, 0.1) is 17.9 Å². The van der Waals surface area contributed by atoms with E-state index in [1.807, 2.05) is 23.1 Å². The molecule has 2 fully saturated rings. The first-order chi connectivity index (χ1) is 16.1. The van der Waals surface area contributed by atoms with Crippen molar-refractivity contribution in [3.63, 3.8) is 0 Å². The molecule has 1 aromatic carbocycles. The number of amides is 2. The molecule has 9 nitrogen and oxygen atoms in total. The van der Waals surface area contributed by atoms with Gasteiger partial charge in [-0.3, -0.25) is 14.5 Å². The Morgan fingerprint density at radius 3 is 2.61 bits per heavy atom. The van der Waals surface area contributed by atoms with Gasteiger partial charge in [-0.2, -0.15) is 5.10 Å². The summed E-state index contributed by atoms with van der Waals surface area (Å²) in [6.07, 6.45) is 7.29. The molecule has 0 spiro atoms.